The molecule has 0 aliphatic carbocycles. The molecule has 0 fully saturated rings. The fourth-order valence-electron chi connectivity index (χ4n) is 3.35. The minimum Gasteiger partial charge on any atom is -0.490 e. The first kappa shape index (κ1) is 23.5. The van der Waals surface area contributed by atoms with Crippen LogP contribution in [0.25, 0.3) is 0 Å². The van der Waals surface area contributed by atoms with Crippen molar-refractivity contribution in [3.8, 4) is 11.5 Å². The quantitative estimate of drug-likeness (QED) is 0.500. The molecule has 1 aliphatic rings. The molecule has 2 heterocycles. The average molecular weight is 493 g/mol. The predicted molar refractivity (Wildman–Crippen MR) is 119 cm³/mol. The lowest BCUT2D eigenvalue weighted by atomic mass is 10.2. The zero-order chi connectivity index (χ0) is 24.1. The number of carbonyl (C=O) groups excluding carboxylic acids is 1. The van der Waals surface area contributed by atoms with Crippen LogP contribution in [-0.2, 0) is 16.4 Å². The van der Waals surface area contributed by atoms with Crippen LogP contribution in [0.15, 0.2) is 59.8 Å². The van der Waals surface area contributed by atoms with E-state index in [2.05, 4.69) is 15.0 Å². The smallest absolute Gasteiger partial charge is 0.319 e. The number of benzene rings is 2. The number of fused-ring (bicyclic) bond motifs is 1. The summed E-state index contributed by atoms with van der Waals surface area (Å²) in [7, 11) is -3.96. The Bertz CT molecular complexity index is 1280. The van der Waals surface area contributed by atoms with Gasteiger partial charge in [0.15, 0.2) is 11.5 Å². The Kier molecular flexibility index (Phi) is 6.96. The molecule has 3 aromatic rings. The standard InChI is InChI=1S/C22H22F2N4O5S/c23-22(24)28-10-9-25-20(28)7-8-26-21(29)15-3-1-4-16(13-15)27-34(30,31)17-5-6-18-19(14-17)33-12-2-11-32-18/h1,3-6,9-10,13-14,22,27H,2,7-8,11-12H2,(H,26,29). The molecule has 2 N–H and O–H groups in total. The number of rotatable bonds is 8. The third kappa shape index (κ3) is 5.45. The molecule has 1 aromatic heterocycles. The fraction of sp³-hybridized carbons (Fsp3) is 0.273. The molecule has 0 radical (unpaired) electrons. The number of hydrogen-bond acceptors (Lipinski definition) is 6. The molecule has 12 heteroatoms. The number of sulfonamides is 1. The van der Waals surface area contributed by atoms with E-state index in [0.717, 1.165) is 4.57 Å². The first-order valence-electron chi connectivity index (χ1n) is 10.4. The van der Waals surface area contributed by atoms with Gasteiger partial charge in [-0.3, -0.25) is 14.1 Å². The number of carbonyl (C=O) groups is 1. The summed E-state index contributed by atoms with van der Waals surface area (Å²) in [4.78, 5) is 16.3. The van der Waals surface area contributed by atoms with Gasteiger partial charge in [0.05, 0.1) is 18.1 Å². The molecule has 180 valence electrons. The molecule has 0 atom stereocenters. The maximum atomic E-state index is 12.9. The van der Waals surface area contributed by atoms with Gasteiger partial charge >= 0.3 is 6.55 Å². The van der Waals surface area contributed by atoms with Crippen molar-refractivity contribution < 1.29 is 31.5 Å². The van der Waals surface area contributed by atoms with Crippen LogP contribution in [0.2, 0.25) is 0 Å². The van der Waals surface area contributed by atoms with Crippen LogP contribution in [0, 0.1) is 0 Å². The van der Waals surface area contributed by atoms with E-state index in [4.69, 9.17) is 9.47 Å². The van der Waals surface area contributed by atoms with Gasteiger partial charge in [-0.2, -0.15) is 8.78 Å². The van der Waals surface area contributed by atoms with Gasteiger partial charge in [0.2, 0.25) is 0 Å². The molecular weight excluding hydrogens is 470 g/mol. The molecule has 0 unspecified atom stereocenters. The van der Waals surface area contributed by atoms with Crippen molar-refractivity contribution in [1.29, 1.82) is 0 Å². The number of aromatic nitrogens is 2. The van der Waals surface area contributed by atoms with Crippen molar-refractivity contribution in [3.63, 3.8) is 0 Å². The van der Waals surface area contributed by atoms with Crippen LogP contribution in [0.3, 0.4) is 0 Å². The summed E-state index contributed by atoms with van der Waals surface area (Å²) >= 11 is 0. The summed E-state index contributed by atoms with van der Waals surface area (Å²) in [6.07, 6.45) is 3.24. The maximum absolute atomic E-state index is 12.9. The summed E-state index contributed by atoms with van der Waals surface area (Å²) in [6.45, 7) is -1.72. The van der Waals surface area contributed by atoms with Crippen LogP contribution in [0.5, 0.6) is 11.5 Å². The lowest BCUT2D eigenvalue weighted by molar-refractivity contribution is 0.0670. The molecule has 4 rings (SSSR count). The van der Waals surface area contributed by atoms with Crippen molar-refractivity contribution in [2.75, 3.05) is 24.5 Å². The molecule has 2 aromatic carbocycles. The van der Waals surface area contributed by atoms with Crippen molar-refractivity contribution in [1.82, 2.24) is 14.9 Å². The van der Waals surface area contributed by atoms with E-state index in [1.165, 1.54) is 48.8 Å². The highest BCUT2D eigenvalue weighted by molar-refractivity contribution is 7.92. The minimum absolute atomic E-state index is 0.0128. The van der Waals surface area contributed by atoms with Crippen LogP contribution in [-0.4, -0.2) is 43.6 Å². The van der Waals surface area contributed by atoms with Gasteiger partial charge in [0.25, 0.3) is 15.9 Å². The van der Waals surface area contributed by atoms with Gasteiger partial charge in [-0.05, 0) is 30.3 Å². The number of hydrogen-bond donors (Lipinski definition) is 2. The number of imidazole rings is 1. The van der Waals surface area contributed by atoms with Gasteiger partial charge in [-0.1, -0.05) is 6.07 Å². The molecule has 1 aliphatic heterocycles. The summed E-state index contributed by atoms with van der Waals surface area (Å²) < 4.78 is 65.7. The Morgan fingerprint density at radius 1 is 1.12 bits per heavy atom. The average Bonchev–Trinajstić information content (AvgIpc) is 3.15. The van der Waals surface area contributed by atoms with Crippen molar-refractivity contribution in [3.05, 3.63) is 66.2 Å². The second kappa shape index (κ2) is 10.1. The van der Waals surface area contributed by atoms with E-state index in [0.29, 0.717) is 31.1 Å². The van der Waals surface area contributed by atoms with Gasteiger partial charge in [0.1, 0.15) is 5.82 Å². The van der Waals surface area contributed by atoms with Gasteiger partial charge < -0.3 is 14.8 Å². The molecule has 0 saturated heterocycles. The highest BCUT2D eigenvalue weighted by Gasteiger charge is 2.20. The zero-order valence-corrected chi connectivity index (χ0v) is 18.7. The Labute approximate surface area is 194 Å². The summed E-state index contributed by atoms with van der Waals surface area (Å²) in [5.41, 5.74) is 0.393. The van der Waals surface area contributed by atoms with Gasteiger partial charge in [-0.25, -0.2) is 13.4 Å². The van der Waals surface area contributed by atoms with Crippen LogP contribution < -0.4 is 19.5 Å². The van der Waals surface area contributed by atoms with Crippen LogP contribution in [0.4, 0.5) is 14.5 Å². The summed E-state index contributed by atoms with van der Waals surface area (Å²) in [6, 6.07) is 10.3. The number of nitrogens with one attached hydrogen (secondary N) is 2. The first-order valence-corrected chi connectivity index (χ1v) is 11.9. The Hall–Kier alpha value is -3.67. The fourth-order valence-corrected chi connectivity index (χ4v) is 4.42. The minimum atomic E-state index is -3.96. The summed E-state index contributed by atoms with van der Waals surface area (Å²) in [5.74, 6) is 0.492. The second-order valence-electron chi connectivity index (χ2n) is 7.38. The molecule has 9 nitrogen and oxygen atoms in total. The zero-order valence-electron chi connectivity index (χ0n) is 17.9. The number of ether oxygens (including phenoxy) is 2. The molecule has 1 amide bonds. The predicted octanol–water partition coefficient (Wildman–Crippen LogP) is 3.21. The van der Waals surface area contributed by atoms with Crippen molar-refractivity contribution in [2.45, 2.75) is 24.3 Å². The van der Waals surface area contributed by atoms with Crippen molar-refractivity contribution >= 4 is 21.6 Å². The van der Waals surface area contributed by atoms with E-state index < -0.39 is 22.5 Å². The second-order valence-corrected chi connectivity index (χ2v) is 9.06. The maximum Gasteiger partial charge on any atom is 0.319 e. The number of halogens is 2. The third-order valence-corrected chi connectivity index (χ3v) is 6.38. The first-order chi connectivity index (χ1) is 16.3. The van der Waals surface area contributed by atoms with Gasteiger partial charge in [-0.15, -0.1) is 0 Å². The highest BCUT2D eigenvalue weighted by atomic mass is 32.2. The van der Waals surface area contributed by atoms with Crippen molar-refractivity contribution in [2.24, 2.45) is 0 Å². The van der Waals surface area contributed by atoms with E-state index in [1.54, 1.807) is 6.07 Å². The number of alkyl halides is 2. The van der Waals surface area contributed by atoms with E-state index in [1.807, 2.05) is 0 Å². The Balaban J connectivity index is 1.41. The number of anilines is 1. The molecule has 0 spiro atoms. The molecular formula is C22H22F2N4O5S. The third-order valence-electron chi connectivity index (χ3n) is 5.00. The molecule has 0 bridgehead atoms. The molecule has 34 heavy (non-hydrogen) atoms. The van der Waals surface area contributed by atoms with E-state index in [9.17, 15) is 22.0 Å². The topological polar surface area (TPSA) is 112 Å². The molecule has 0 saturated carbocycles. The largest absolute Gasteiger partial charge is 0.490 e. The Morgan fingerprint density at radius 2 is 1.91 bits per heavy atom. The lowest BCUT2D eigenvalue weighted by Crippen LogP contribution is -2.26. The SMILES string of the molecule is O=C(NCCc1nccn1C(F)F)c1cccc(NS(=O)(=O)c2ccc3c(c2)OCCCO3)c1. The number of nitrogens with zero attached hydrogens (tertiary/aromatic N) is 2. The Morgan fingerprint density at radius 3 is 2.71 bits per heavy atom. The van der Waals surface area contributed by atoms with Crippen LogP contribution in [0.1, 0.15) is 29.2 Å². The summed E-state index contributed by atoms with van der Waals surface area (Å²) in [5, 5.41) is 2.62. The van der Waals surface area contributed by atoms with Gasteiger partial charge in [0, 0.05) is 49.1 Å². The van der Waals surface area contributed by atoms with Crippen LogP contribution >= 0.6 is 0 Å². The highest BCUT2D eigenvalue weighted by Crippen LogP contribution is 2.32. The van der Waals surface area contributed by atoms with E-state index in [-0.39, 0.29) is 34.9 Å². The monoisotopic (exact) mass is 492 g/mol. The lowest BCUT2D eigenvalue weighted by Gasteiger charge is -2.12. The normalized spacial score (nSPS) is 13.4. The van der Waals surface area contributed by atoms with E-state index >= 15 is 0 Å². The number of amides is 1.